The number of hydrogen-bond donors (Lipinski definition) is 2. The molecule has 2 heterocycles. The molecule has 0 amide bonds. The van der Waals surface area contributed by atoms with Crippen molar-refractivity contribution in [3.63, 3.8) is 0 Å². The van der Waals surface area contributed by atoms with Crippen LogP contribution in [0.1, 0.15) is 37.8 Å². The predicted molar refractivity (Wildman–Crippen MR) is 70.5 cm³/mol. The molecule has 18 heavy (non-hydrogen) atoms. The van der Waals surface area contributed by atoms with Crippen molar-refractivity contribution in [1.29, 1.82) is 0 Å². The van der Waals surface area contributed by atoms with Gasteiger partial charge in [0.15, 0.2) is 0 Å². The number of rotatable bonds is 4. The van der Waals surface area contributed by atoms with Gasteiger partial charge in [-0.2, -0.15) is 0 Å². The lowest BCUT2D eigenvalue weighted by molar-refractivity contribution is 0.0920. The Kier molecular flexibility index (Phi) is 3.27. The van der Waals surface area contributed by atoms with Crippen molar-refractivity contribution in [2.24, 2.45) is 5.92 Å². The second-order valence-corrected chi connectivity index (χ2v) is 5.56. The Morgan fingerprint density at radius 3 is 2.89 bits per heavy atom. The van der Waals surface area contributed by atoms with Crippen molar-refractivity contribution < 1.29 is 9.84 Å². The van der Waals surface area contributed by atoms with Crippen molar-refractivity contribution in [1.82, 2.24) is 5.32 Å². The number of ether oxygens (including phenoxy) is 1. The number of phenols is 1. The van der Waals surface area contributed by atoms with Gasteiger partial charge in [0, 0.05) is 24.1 Å². The van der Waals surface area contributed by atoms with Gasteiger partial charge in [0.25, 0.3) is 0 Å². The molecule has 0 spiro atoms. The van der Waals surface area contributed by atoms with Crippen LogP contribution in [0.2, 0.25) is 0 Å². The summed E-state index contributed by atoms with van der Waals surface area (Å²) in [7, 11) is 0. The fourth-order valence-corrected chi connectivity index (χ4v) is 3.25. The molecule has 3 rings (SSSR count). The van der Waals surface area contributed by atoms with E-state index in [0.717, 1.165) is 12.1 Å². The lowest BCUT2D eigenvalue weighted by Gasteiger charge is -2.22. The third-order valence-electron chi connectivity index (χ3n) is 4.32. The minimum Gasteiger partial charge on any atom is -0.508 e. The molecule has 0 radical (unpaired) electrons. The lowest BCUT2D eigenvalue weighted by Crippen LogP contribution is -2.31. The summed E-state index contributed by atoms with van der Waals surface area (Å²) in [6.07, 6.45) is 4.66. The topological polar surface area (TPSA) is 41.5 Å². The van der Waals surface area contributed by atoms with Gasteiger partial charge in [-0.1, -0.05) is 18.2 Å². The number of benzene rings is 1. The third kappa shape index (κ3) is 2.25. The zero-order valence-corrected chi connectivity index (χ0v) is 10.8. The maximum absolute atomic E-state index is 9.81. The van der Waals surface area contributed by atoms with Gasteiger partial charge in [0.1, 0.15) is 5.75 Å². The highest BCUT2D eigenvalue weighted by atomic mass is 16.5. The molecule has 0 aliphatic carbocycles. The summed E-state index contributed by atoms with van der Waals surface area (Å²) in [4.78, 5) is 0. The van der Waals surface area contributed by atoms with Crippen LogP contribution < -0.4 is 5.32 Å². The fourth-order valence-electron chi connectivity index (χ4n) is 3.25. The van der Waals surface area contributed by atoms with Crippen LogP contribution in [-0.4, -0.2) is 23.9 Å². The summed E-state index contributed by atoms with van der Waals surface area (Å²) in [6, 6.07) is 7.73. The Balaban J connectivity index is 1.56. The first-order chi connectivity index (χ1) is 8.74. The van der Waals surface area contributed by atoms with Gasteiger partial charge < -0.3 is 15.2 Å². The second kappa shape index (κ2) is 4.90. The van der Waals surface area contributed by atoms with Crippen LogP contribution in [0.15, 0.2) is 24.3 Å². The van der Waals surface area contributed by atoms with E-state index in [1.54, 1.807) is 6.07 Å². The minimum absolute atomic E-state index is 0.185. The van der Waals surface area contributed by atoms with E-state index >= 15 is 0 Å². The molecular weight excluding hydrogens is 226 g/mol. The van der Waals surface area contributed by atoms with E-state index in [1.807, 2.05) is 18.2 Å². The Hall–Kier alpha value is -1.06. The van der Waals surface area contributed by atoms with Crippen LogP contribution in [0, 0.1) is 5.92 Å². The predicted octanol–water partition coefficient (Wildman–Crippen LogP) is 2.61. The molecule has 2 aliphatic rings. The highest BCUT2D eigenvalue weighted by Crippen LogP contribution is 2.38. The number of nitrogens with one attached hydrogen (secondary N) is 1. The van der Waals surface area contributed by atoms with Crippen molar-refractivity contribution in [2.45, 2.75) is 44.4 Å². The largest absolute Gasteiger partial charge is 0.508 e. The van der Waals surface area contributed by atoms with Crippen LogP contribution in [0.3, 0.4) is 0 Å². The quantitative estimate of drug-likeness (QED) is 0.859. The lowest BCUT2D eigenvalue weighted by atomic mass is 9.89. The molecule has 2 N–H and O–H groups in total. The Bertz CT molecular complexity index is 421. The number of fused-ring (bicyclic) bond motifs is 2. The molecule has 2 bridgehead atoms. The number of hydrogen-bond acceptors (Lipinski definition) is 3. The highest BCUT2D eigenvalue weighted by Gasteiger charge is 2.40. The summed E-state index contributed by atoms with van der Waals surface area (Å²) in [5.74, 6) is 1.03. The Morgan fingerprint density at radius 2 is 2.22 bits per heavy atom. The Labute approximate surface area is 108 Å². The van der Waals surface area contributed by atoms with Crippen molar-refractivity contribution in [3.05, 3.63) is 29.8 Å². The van der Waals surface area contributed by atoms with Gasteiger partial charge in [-0.05, 0) is 32.3 Å². The SMILES string of the molecule is CC(NCC1CC2CCC1O2)c1ccccc1O. The van der Waals surface area contributed by atoms with Crippen LogP contribution in [-0.2, 0) is 4.74 Å². The van der Waals surface area contributed by atoms with E-state index in [4.69, 9.17) is 4.74 Å². The van der Waals surface area contributed by atoms with E-state index in [1.165, 1.54) is 19.3 Å². The van der Waals surface area contributed by atoms with Crippen LogP contribution in [0.4, 0.5) is 0 Å². The smallest absolute Gasteiger partial charge is 0.120 e. The summed E-state index contributed by atoms with van der Waals surface area (Å²) < 4.78 is 5.86. The summed E-state index contributed by atoms with van der Waals surface area (Å²) in [6.45, 7) is 3.08. The van der Waals surface area contributed by atoms with Crippen molar-refractivity contribution in [3.8, 4) is 5.75 Å². The van der Waals surface area contributed by atoms with E-state index in [2.05, 4.69) is 12.2 Å². The summed E-state index contributed by atoms with van der Waals surface area (Å²) in [5.41, 5.74) is 0.974. The number of aromatic hydroxyl groups is 1. The summed E-state index contributed by atoms with van der Waals surface area (Å²) in [5, 5.41) is 13.3. The number of phenolic OH excluding ortho intramolecular Hbond substituents is 1. The normalized spacial score (nSPS) is 31.7. The first-order valence-corrected chi connectivity index (χ1v) is 6.91. The van der Waals surface area contributed by atoms with Crippen LogP contribution in [0.25, 0.3) is 0 Å². The van der Waals surface area contributed by atoms with Gasteiger partial charge in [-0.3, -0.25) is 0 Å². The van der Waals surface area contributed by atoms with Crippen molar-refractivity contribution >= 4 is 0 Å². The average Bonchev–Trinajstić information content (AvgIpc) is 2.98. The Morgan fingerprint density at radius 1 is 1.39 bits per heavy atom. The monoisotopic (exact) mass is 247 g/mol. The van der Waals surface area contributed by atoms with E-state index < -0.39 is 0 Å². The van der Waals surface area contributed by atoms with E-state index in [9.17, 15) is 5.11 Å². The maximum atomic E-state index is 9.81. The molecule has 4 unspecified atom stereocenters. The average molecular weight is 247 g/mol. The van der Waals surface area contributed by atoms with Gasteiger partial charge in [-0.25, -0.2) is 0 Å². The minimum atomic E-state index is 0.185. The van der Waals surface area contributed by atoms with Gasteiger partial charge in [0.05, 0.1) is 12.2 Å². The molecule has 4 atom stereocenters. The summed E-state index contributed by atoms with van der Waals surface area (Å²) >= 11 is 0. The van der Waals surface area contributed by atoms with Crippen LogP contribution in [0.5, 0.6) is 5.75 Å². The third-order valence-corrected chi connectivity index (χ3v) is 4.32. The molecule has 2 fully saturated rings. The van der Waals surface area contributed by atoms with Crippen molar-refractivity contribution in [2.75, 3.05) is 6.54 Å². The van der Waals surface area contributed by atoms with Gasteiger partial charge in [-0.15, -0.1) is 0 Å². The number of para-hydroxylation sites is 1. The van der Waals surface area contributed by atoms with E-state index in [-0.39, 0.29) is 6.04 Å². The molecule has 98 valence electrons. The zero-order valence-electron chi connectivity index (χ0n) is 10.8. The highest BCUT2D eigenvalue weighted by molar-refractivity contribution is 5.34. The molecule has 2 saturated heterocycles. The van der Waals surface area contributed by atoms with Gasteiger partial charge >= 0.3 is 0 Å². The molecule has 3 heteroatoms. The zero-order chi connectivity index (χ0) is 12.5. The second-order valence-electron chi connectivity index (χ2n) is 5.56. The first-order valence-electron chi connectivity index (χ1n) is 6.91. The van der Waals surface area contributed by atoms with E-state index in [0.29, 0.717) is 23.9 Å². The fraction of sp³-hybridized carbons (Fsp3) is 0.600. The van der Waals surface area contributed by atoms with Crippen LogP contribution >= 0.6 is 0 Å². The standard InChI is InChI=1S/C15H21NO2/c1-10(13-4-2-3-5-14(13)17)16-9-11-8-12-6-7-15(11)18-12/h2-5,10-12,15-17H,6-9H2,1H3. The molecule has 2 aliphatic heterocycles. The molecule has 0 aromatic heterocycles. The molecular formula is C15H21NO2. The van der Waals surface area contributed by atoms with Gasteiger partial charge in [0.2, 0.25) is 0 Å². The maximum Gasteiger partial charge on any atom is 0.120 e. The first kappa shape index (κ1) is 12.0. The molecule has 3 nitrogen and oxygen atoms in total. The molecule has 1 aromatic carbocycles. The molecule has 0 saturated carbocycles. The molecule has 1 aromatic rings.